The second-order valence-corrected chi connectivity index (χ2v) is 8.02. The van der Waals surface area contributed by atoms with Crippen LogP contribution >= 0.6 is 11.8 Å². The van der Waals surface area contributed by atoms with Crippen LogP contribution in [0.1, 0.15) is 20.3 Å². The lowest BCUT2D eigenvalue weighted by molar-refractivity contribution is 0.416. The summed E-state index contributed by atoms with van der Waals surface area (Å²) in [7, 11) is -3.41. The molecule has 0 aliphatic carbocycles. The van der Waals surface area contributed by atoms with Crippen LogP contribution in [0.2, 0.25) is 0 Å². The first-order valence-corrected chi connectivity index (χ1v) is 9.38. The second kappa shape index (κ2) is 6.78. The van der Waals surface area contributed by atoms with Crippen LogP contribution in [0.3, 0.4) is 0 Å². The first kappa shape index (κ1) is 15.6. The molecule has 0 radical (unpaired) electrons. The predicted octanol–water partition coefficient (Wildman–Crippen LogP) is 2.03. The van der Waals surface area contributed by atoms with Crippen LogP contribution in [0.5, 0.6) is 0 Å². The van der Waals surface area contributed by atoms with Crippen LogP contribution in [-0.4, -0.2) is 48.3 Å². The van der Waals surface area contributed by atoms with E-state index in [9.17, 15) is 8.42 Å². The number of thioether (sulfide) groups is 1. The maximum absolute atomic E-state index is 12.6. The quantitative estimate of drug-likeness (QED) is 0.901. The average molecular weight is 315 g/mol. The number of pyridine rings is 1. The number of nitrogens with zero attached hydrogens (tertiary/aromatic N) is 2. The molecule has 1 atom stereocenters. The zero-order valence-electron chi connectivity index (χ0n) is 11.9. The molecule has 112 valence electrons. The molecular weight excluding hydrogens is 294 g/mol. The van der Waals surface area contributed by atoms with Gasteiger partial charge in [0.1, 0.15) is 10.7 Å². The van der Waals surface area contributed by atoms with E-state index in [2.05, 4.69) is 17.2 Å². The van der Waals surface area contributed by atoms with Gasteiger partial charge in [-0.15, -0.1) is 0 Å². The molecule has 1 N–H and O–H groups in total. The normalized spacial score (nSPS) is 20.8. The highest BCUT2D eigenvalue weighted by Gasteiger charge is 2.30. The van der Waals surface area contributed by atoms with Gasteiger partial charge in [-0.05, 0) is 25.5 Å². The van der Waals surface area contributed by atoms with Crippen LogP contribution in [0, 0.1) is 0 Å². The molecule has 1 aliphatic heterocycles. The lowest BCUT2D eigenvalue weighted by atomic mass is 10.3. The Bertz CT molecular complexity index is 531. The van der Waals surface area contributed by atoms with E-state index in [0.717, 1.165) is 18.7 Å². The molecule has 1 saturated heterocycles. The summed E-state index contributed by atoms with van der Waals surface area (Å²) in [6.45, 7) is 6.01. The zero-order chi connectivity index (χ0) is 14.6. The van der Waals surface area contributed by atoms with Crippen LogP contribution in [-0.2, 0) is 10.0 Å². The van der Waals surface area contributed by atoms with E-state index in [4.69, 9.17) is 0 Å². The lowest BCUT2D eigenvalue weighted by Gasteiger charge is -2.30. The van der Waals surface area contributed by atoms with Crippen LogP contribution in [0.4, 0.5) is 5.82 Å². The summed E-state index contributed by atoms with van der Waals surface area (Å²) in [4.78, 5) is 4.43. The van der Waals surface area contributed by atoms with Crippen LogP contribution in [0.15, 0.2) is 23.2 Å². The molecule has 1 aromatic rings. The molecule has 0 aromatic carbocycles. The van der Waals surface area contributed by atoms with Gasteiger partial charge in [0, 0.05) is 36.8 Å². The third-order valence-corrected chi connectivity index (χ3v) is 6.51. The molecule has 1 aliphatic rings. The van der Waals surface area contributed by atoms with Gasteiger partial charge < -0.3 is 5.32 Å². The SMILES string of the molecule is CCNc1ccc(S(=O)(=O)N2CCSC(CC)C2)cn1. The smallest absolute Gasteiger partial charge is 0.244 e. The summed E-state index contributed by atoms with van der Waals surface area (Å²) in [5.41, 5.74) is 0. The molecule has 7 heteroatoms. The first-order chi connectivity index (χ1) is 9.57. The maximum atomic E-state index is 12.6. The van der Waals surface area contributed by atoms with E-state index in [1.54, 1.807) is 16.4 Å². The average Bonchev–Trinajstić information content (AvgIpc) is 2.48. The number of nitrogens with one attached hydrogen (secondary N) is 1. The van der Waals surface area contributed by atoms with Gasteiger partial charge >= 0.3 is 0 Å². The fourth-order valence-corrected chi connectivity index (χ4v) is 4.95. The molecule has 5 nitrogen and oxygen atoms in total. The number of aromatic nitrogens is 1. The summed E-state index contributed by atoms with van der Waals surface area (Å²) in [5, 5.41) is 3.45. The van der Waals surface area contributed by atoms with E-state index in [0.29, 0.717) is 24.2 Å². The molecule has 2 heterocycles. The summed E-state index contributed by atoms with van der Waals surface area (Å²) in [6, 6.07) is 3.34. The standard InChI is InChI=1S/C13H21N3O2S2/c1-3-11-10-16(7-8-19-11)20(17,18)12-5-6-13(14-4-2)15-9-12/h5-6,9,11H,3-4,7-8,10H2,1-2H3,(H,14,15). The Morgan fingerprint density at radius 3 is 2.85 bits per heavy atom. The van der Waals surface area contributed by atoms with Crippen molar-refractivity contribution >= 4 is 27.6 Å². The van der Waals surface area contributed by atoms with Gasteiger partial charge in [0.2, 0.25) is 10.0 Å². The summed E-state index contributed by atoms with van der Waals surface area (Å²) in [5.74, 6) is 1.56. The topological polar surface area (TPSA) is 62.3 Å². The molecule has 0 bridgehead atoms. The Morgan fingerprint density at radius 2 is 2.25 bits per heavy atom. The van der Waals surface area contributed by atoms with Crippen molar-refractivity contribution in [1.29, 1.82) is 0 Å². The van der Waals surface area contributed by atoms with Crippen molar-refractivity contribution in [2.45, 2.75) is 30.4 Å². The number of rotatable bonds is 5. The van der Waals surface area contributed by atoms with E-state index in [-0.39, 0.29) is 4.90 Å². The highest BCUT2D eigenvalue weighted by molar-refractivity contribution is 8.00. The summed E-state index contributed by atoms with van der Waals surface area (Å²) in [6.07, 6.45) is 2.43. The van der Waals surface area contributed by atoms with Crippen molar-refractivity contribution in [1.82, 2.24) is 9.29 Å². The number of hydrogen-bond donors (Lipinski definition) is 1. The van der Waals surface area contributed by atoms with Gasteiger partial charge in [0.25, 0.3) is 0 Å². The van der Waals surface area contributed by atoms with Gasteiger partial charge in [0.05, 0.1) is 0 Å². The fourth-order valence-electron chi connectivity index (χ4n) is 2.13. The molecule has 20 heavy (non-hydrogen) atoms. The molecular formula is C13H21N3O2S2. The highest BCUT2D eigenvalue weighted by atomic mass is 32.2. The van der Waals surface area contributed by atoms with E-state index in [1.165, 1.54) is 6.20 Å². The molecule has 0 saturated carbocycles. The van der Waals surface area contributed by atoms with E-state index in [1.807, 2.05) is 18.7 Å². The second-order valence-electron chi connectivity index (χ2n) is 4.67. The monoisotopic (exact) mass is 315 g/mol. The van der Waals surface area contributed by atoms with Gasteiger partial charge in [0.15, 0.2) is 0 Å². The Labute approximate surface area is 125 Å². The van der Waals surface area contributed by atoms with Crippen molar-refractivity contribution in [2.24, 2.45) is 0 Å². The van der Waals surface area contributed by atoms with Crippen molar-refractivity contribution < 1.29 is 8.42 Å². The third-order valence-electron chi connectivity index (χ3n) is 3.29. The fraction of sp³-hybridized carbons (Fsp3) is 0.615. The maximum Gasteiger partial charge on any atom is 0.244 e. The minimum atomic E-state index is -3.41. The van der Waals surface area contributed by atoms with Crippen molar-refractivity contribution in [2.75, 3.05) is 30.7 Å². The number of sulfonamides is 1. The third kappa shape index (κ3) is 3.45. The van der Waals surface area contributed by atoms with Gasteiger partial charge in [-0.1, -0.05) is 6.92 Å². The Morgan fingerprint density at radius 1 is 1.45 bits per heavy atom. The molecule has 0 amide bonds. The van der Waals surface area contributed by atoms with Crippen molar-refractivity contribution in [3.8, 4) is 0 Å². The number of anilines is 1. The number of hydrogen-bond acceptors (Lipinski definition) is 5. The molecule has 2 rings (SSSR count). The molecule has 1 aromatic heterocycles. The lowest BCUT2D eigenvalue weighted by Crippen LogP contribution is -2.41. The van der Waals surface area contributed by atoms with Crippen molar-refractivity contribution in [3.63, 3.8) is 0 Å². The van der Waals surface area contributed by atoms with Crippen LogP contribution < -0.4 is 5.32 Å². The molecule has 1 unspecified atom stereocenters. The first-order valence-electron chi connectivity index (χ1n) is 6.89. The zero-order valence-corrected chi connectivity index (χ0v) is 13.5. The predicted molar refractivity (Wildman–Crippen MR) is 83.7 cm³/mol. The van der Waals surface area contributed by atoms with Crippen molar-refractivity contribution in [3.05, 3.63) is 18.3 Å². The van der Waals surface area contributed by atoms with Gasteiger partial charge in [-0.25, -0.2) is 13.4 Å². The highest BCUT2D eigenvalue weighted by Crippen LogP contribution is 2.26. The van der Waals surface area contributed by atoms with E-state index < -0.39 is 10.0 Å². The summed E-state index contributed by atoms with van der Waals surface area (Å²) >= 11 is 1.86. The minimum absolute atomic E-state index is 0.279. The summed E-state index contributed by atoms with van der Waals surface area (Å²) < 4.78 is 26.7. The van der Waals surface area contributed by atoms with E-state index >= 15 is 0 Å². The Balaban J connectivity index is 2.16. The van der Waals surface area contributed by atoms with Gasteiger partial charge in [-0.2, -0.15) is 16.1 Å². The molecule has 0 spiro atoms. The van der Waals surface area contributed by atoms with Gasteiger partial charge in [-0.3, -0.25) is 0 Å². The Kier molecular flexibility index (Phi) is 5.29. The largest absolute Gasteiger partial charge is 0.370 e. The van der Waals surface area contributed by atoms with Crippen LogP contribution in [0.25, 0.3) is 0 Å². The minimum Gasteiger partial charge on any atom is -0.370 e. The molecule has 1 fully saturated rings. The Hall–Kier alpha value is -0.790.